The van der Waals surface area contributed by atoms with Crippen LogP contribution in [0.4, 0.5) is 5.82 Å². The molecule has 7 nitrogen and oxygen atoms in total. The predicted molar refractivity (Wildman–Crippen MR) is 100.0 cm³/mol. The fourth-order valence-electron chi connectivity index (χ4n) is 2.98. The number of carbonyl (C=O) groups excluding carboxylic acids is 1. The first-order chi connectivity index (χ1) is 12.5. The minimum absolute atomic E-state index is 0.235. The summed E-state index contributed by atoms with van der Waals surface area (Å²) in [7, 11) is 1.67. The van der Waals surface area contributed by atoms with Crippen molar-refractivity contribution in [3.05, 3.63) is 59.7 Å². The molecule has 0 fully saturated rings. The van der Waals surface area contributed by atoms with Gasteiger partial charge in [0.2, 0.25) is 5.82 Å². The van der Waals surface area contributed by atoms with Crippen molar-refractivity contribution in [3.8, 4) is 11.3 Å². The Kier molecular flexibility index (Phi) is 3.76. The van der Waals surface area contributed by atoms with Gasteiger partial charge in [0.15, 0.2) is 0 Å². The van der Waals surface area contributed by atoms with Crippen molar-refractivity contribution in [2.75, 3.05) is 5.32 Å². The molecule has 3 aromatic heterocycles. The summed E-state index contributed by atoms with van der Waals surface area (Å²) in [5.74, 6) is 0.396. The van der Waals surface area contributed by atoms with E-state index in [1.807, 2.05) is 25.1 Å². The third-order valence-corrected chi connectivity index (χ3v) is 4.38. The Labute approximate surface area is 150 Å². The molecule has 0 radical (unpaired) electrons. The van der Waals surface area contributed by atoms with E-state index >= 15 is 0 Å². The molecule has 2 N–H and O–H groups in total. The number of anilines is 1. The molecule has 0 saturated heterocycles. The second kappa shape index (κ2) is 6.11. The lowest BCUT2D eigenvalue weighted by atomic mass is 10.1. The Morgan fingerprint density at radius 3 is 2.69 bits per heavy atom. The van der Waals surface area contributed by atoms with E-state index in [2.05, 4.69) is 50.5 Å². The van der Waals surface area contributed by atoms with Crippen LogP contribution in [0.25, 0.3) is 22.3 Å². The molecule has 1 aromatic carbocycles. The minimum Gasteiger partial charge on any atom is -0.339 e. The first-order valence-electron chi connectivity index (χ1n) is 8.24. The zero-order chi connectivity index (χ0) is 18.3. The van der Waals surface area contributed by atoms with E-state index in [9.17, 15) is 4.79 Å². The third-order valence-electron chi connectivity index (χ3n) is 4.38. The Balaban J connectivity index is 1.71. The molecule has 130 valence electrons. The molecular weight excluding hydrogens is 328 g/mol. The molecule has 1 amide bonds. The number of aromatic nitrogens is 5. The van der Waals surface area contributed by atoms with E-state index < -0.39 is 0 Å². The molecule has 0 aliphatic rings. The molecule has 0 aliphatic heterocycles. The molecule has 3 heterocycles. The molecule has 4 aromatic rings. The molecule has 0 aliphatic carbocycles. The molecule has 0 atom stereocenters. The summed E-state index contributed by atoms with van der Waals surface area (Å²) in [6, 6.07) is 12.3. The van der Waals surface area contributed by atoms with Crippen LogP contribution in [0.2, 0.25) is 0 Å². The van der Waals surface area contributed by atoms with Gasteiger partial charge < -0.3 is 10.3 Å². The summed E-state index contributed by atoms with van der Waals surface area (Å²) < 4.78 is 1.42. The normalized spacial score (nSPS) is 11.0. The highest BCUT2D eigenvalue weighted by Crippen LogP contribution is 2.28. The number of aryl methyl sites for hydroxylation is 3. The summed E-state index contributed by atoms with van der Waals surface area (Å²) in [5, 5.41) is 7.73. The standard InChI is InChI=1S/C19H18N6O/c1-11-6-4-5-7-14(11)15-9-13-8-12(2)16(23-17(13)22-15)24-19(26)18-20-10-21-25(18)3/h4-10H,1-3H3,(H2,22,23,24,26). The number of hydrogen-bond donors (Lipinski definition) is 2. The first-order valence-corrected chi connectivity index (χ1v) is 8.24. The molecule has 26 heavy (non-hydrogen) atoms. The van der Waals surface area contributed by atoms with Gasteiger partial charge in [-0.05, 0) is 37.1 Å². The first kappa shape index (κ1) is 16.0. The Morgan fingerprint density at radius 1 is 1.15 bits per heavy atom. The summed E-state index contributed by atoms with van der Waals surface area (Å²) in [6.45, 7) is 3.99. The Morgan fingerprint density at radius 2 is 1.96 bits per heavy atom. The van der Waals surface area contributed by atoms with Gasteiger partial charge >= 0.3 is 0 Å². The highest BCUT2D eigenvalue weighted by Gasteiger charge is 2.15. The molecule has 7 heteroatoms. The molecule has 4 rings (SSSR count). The van der Waals surface area contributed by atoms with Crippen LogP contribution < -0.4 is 5.32 Å². The van der Waals surface area contributed by atoms with Crippen LogP contribution in [-0.2, 0) is 7.05 Å². The Bertz CT molecular complexity index is 1120. The van der Waals surface area contributed by atoms with Crippen LogP contribution in [0, 0.1) is 13.8 Å². The van der Waals surface area contributed by atoms with Crippen LogP contribution in [0.3, 0.4) is 0 Å². The maximum Gasteiger partial charge on any atom is 0.294 e. The van der Waals surface area contributed by atoms with Crippen LogP contribution >= 0.6 is 0 Å². The van der Waals surface area contributed by atoms with Gasteiger partial charge in [0.1, 0.15) is 17.8 Å². The van der Waals surface area contributed by atoms with E-state index in [0.717, 1.165) is 27.9 Å². The predicted octanol–water partition coefficient (Wildman–Crippen LogP) is 3.23. The monoisotopic (exact) mass is 346 g/mol. The zero-order valence-corrected chi connectivity index (χ0v) is 14.7. The molecule has 0 bridgehead atoms. The molecule has 0 spiro atoms. The highest BCUT2D eigenvalue weighted by atomic mass is 16.2. The summed E-state index contributed by atoms with van der Waals surface area (Å²) in [6.07, 6.45) is 1.35. The van der Waals surface area contributed by atoms with Crippen molar-refractivity contribution in [1.29, 1.82) is 0 Å². The van der Waals surface area contributed by atoms with E-state index in [4.69, 9.17) is 0 Å². The van der Waals surface area contributed by atoms with E-state index in [-0.39, 0.29) is 11.7 Å². The van der Waals surface area contributed by atoms with Crippen molar-refractivity contribution in [2.24, 2.45) is 7.05 Å². The summed E-state index contributed by atoms with van der Waals surface area (Å²) in [4.78, 5) is 24.3. The second-order valence-electron chi connectivity index (χ2n) is 6.25. The second-order valence-corrected chi connectivity index (χ2v) is 6.25. The van der Waals surface area contributed by atoms with Gasteiger partial charge in [-0.15, -0.1) is 0 Å². The summed E-state index contributed by atoms with van der Waals surface area (Å²) >= 11 is 0. The van der Waals surface area contributed by atoms with Gasteiger partial charge in [-0.3, -0.25) is 4.79 Å². The van der Waals surface area contributed by atoms with Gasteiger partial charge in [0.25, 0.3) is 5.91 Å². The lowest BCUT2D eigenvalue weighted by Crippen LogP contribution is -2.18. The number of nitrogens with zero attached hydrogens (tertiary/aromatic N) is 4. The Hall–Kier alpha value is -3.48. The average molecular weight is 346 g/mol. The van der Waals surface area contributed by atoms with Crippen molar-refractivity contribution >= 4 is 22.8 Å². The fourth-order valence-corrected chi connectivity index (χ4v) is 2.98. The summed E-state index contributed by atoms with van der Waals surface area (Å²) in [5.41, 5.74) is 4.92. The van der Waals surface area contributed by atoms with Crippen molar-refractivity contribution in [2.45, 2.75) is 13.8 Å². The van der Waals surface area contributed by atoms with E-state index in [1.165, 1.54) is 16.6 Å². The van der Waals surface area contributed by atoms with Crippen molar-refractivity contribution < 1.29 is 4.79 Å². The number of rotatable bonds is 3. The number of amides is 1. The minimum atomic E-state index is -0.342. The third kappa shape index (κ3) is 2.73. The molecular formula is C19H18N6O. The van der Waals surface area contributed by atoms with Gasteiger partial charge in [-0.2, -0.15) is 5.10 Å². The number of benzene rings is 1. The largest absolute Gasteiger partial charge is 0.339 e. The zero-order valence-electron chi connectivity index (χ0n) is 14.7. The lowest BCUT2D eigenvalue weighted by molar-refractivity contribution is 0.101. The molecule has 0 unspecified atom stereocenters. The topological polar surface area (TPSA) is 88.5 Å². The van der Waals surface area contributed by atoms with Crippen molar-refractivity contribution in [1.82, 2.24) is 24.7 Å². The van der Waals surface area contributed by atoms with Crippen LogP contribution in [-0.4, -0.2) is 30.6 Å². The highest BCUT2D eigenvalue weighted by molar-refractivity contribution is 6.02. The number of hydrogen-bond acceptors (Lipinski definition) is 4. The van der Waals surface area contributed by atoms with Crippen LogP contribution in [0.5, 0.6) is 0 Å². The number of carbonyl (C=O) groups is 1. The van der Waals surface area contributed by atoms with E-state index in [0.29, 0.717) is 5.82 Å². The van der Waals surface area contributed by atoms with Crippen molar-refractivity contribution in [3.63, 3.8) is 0 Å². The quantitative estimate of drug-likeness (QED) is 0.596. The maximum atomic E-state index is 12.4. The number of fused-ring (bicyclic) bond motifs is 1. The lowest BCUT2D eigenvalue weighted by Gasteiger charge is -2.07. The number of H-pyrrole nitrogens is 1. The molecule has 0 saturated carbocycles. The van der Waals surface area contributed by atoms with Gasteiger partial charge in [0.05, 0.1) is 0 Å². The van der Waals surface area contributed by atoms with Crippen LogP contribution in [0.1, 0.15) is 21.7 Å². The maximum absolute atomic E-state index is 12.4. The fraction of sp³-hybridized carbons (Fsp3) is 0.158. The van der Waals surface area contributed by atoms with E-state index in [1.54, 1.807) is 7.05 Å². The van der Waals surface area contributed by atoms with Crippen LogP contribution in [0.15, 0.2) is 42.7 Å². The number of nitrogens with one attached hydrogen (secondary N) is 2. The van der Waals surface area contributed by atoms with Gasteiger partial charge in [-0.1, -0.05) is 24.3 Å². The average Bonchev–Trinajstić information content (AvgIpc) is 3.21. The smallest absolute Gasteiger partial charge is 0.294 e. The SMILES string of the molecule is Cc1ccccc1-c1cc2cc(C)c(NC(=O)c3ncnn3C)nc2[nH]1. The van der Waals surface area contributed by atoms with Gasteiger partial charge in [0, 0.05) is 23.7 Å². The van der Waals surface area contributed by atoms with Gasteiger partial charge in [-0.25, -0.2) is 14.6 Å². The number of pyridine rings is 1. The number of aromatic amines is 1.